The molecule has 2 aliphatic rings. The molecule has 2 aromatic rings. The van der Waals surface area contributed by atoms with Crippen molar-refractivity contribution < 1.29 is 31.1 Å². The minimum atomic E-state index is -5.09. The van der Waals surface area contributed by atoms with Crippen molar-refractivity contribution in [2.75, 3.05) is 25.5 Å². The molecule has 0 unspecified atom stereocenters. The molecule has 0 atom stereocenters. The Labute approximate surface area is 192 Å². The van der Waals surface area contributed by atoms with Crippen molar-refractivity contribution in [3.8, 4) is 0 Å². The summed E-state index contributed by atoms with van der Waals surface area (Å²) in [4.78, 5) is 18.9. The van der Waals surface area contributed by atoms with E-state index in [0.717, 1.165) is 10.5 Å². The monoisotopic (exact) mass is 486 g/mol. The molecule has 2 heterocycles. The average Bonchev–Trinajstić information content (AvgIpc) is 3.09. The molecule has 184 valence electrons. The number of nitrogens with zero attached hydrogens (tertiary/aromatic N) is 3. The third kappa shape index (κ3) is 4.21. The van der Waals surface area contributed by atoms with Crippen LogP contribution in [0.4, 0.5) is 36.8 Å². The van der Waals surface area contributed by atoms with Crippen molar-refractivity contribution in [2.24, 2.45) is 0 Å². The molecule has 0 bridgehead atoms. The maximum absolute atomic E-state index is 13.6. The largest absolute Gasteiger partial charge is 0.433 e. The summed E-state index contributed by atoms with van der Waals surface area (Å²) in [6.07, 6.45) is -7.35. The number of hydrogen-bond acceptors (Lipinski definition) is 3. The van der Waals surface area contributed by atoms with Gasteiger partial charge < -0.3 is 5.32 Å². The Morgan fingerprint density at radius 1 is 0.971 bits per heavy atom. The van der Waals surface area contributed by atoms with Crippen molar-refractivity contribution in [3.63, 3.8) is 0 Å². The quantitative estimate of drug-likeness (QED) is 0.590. The van der Waals surface area contributed by atoms with Gasteiger partial charge in [-0.1, -0.05) is 30.3 Å². The van der Waals surface area contributed by atoms with E-state index in [-0.39, 0.29) is 18.2 Å². The molecular weight excluding hydrogens is 462 g/mol. The van der Waals surface area contributed by atoms with E-state index in [2.05, 4.69) is 15.2 Å². The lowest BCUT2D eigenvalue weighted by atomic mass is 9.69. The molecule has 4 rings (SSSR count). The fourth-order valence-corrected chi connectivity index (χ4v) is 5.12. The predicted molar refractivity (Wildman–Crippen MR) is 113 cm³/mol. The lowest BCUT2D eigenvalue weighted by Crippen LogP contribution is -2.54. The van der Waals surface area contributed by atoms with Crippen LogP contribution in [-0.2, 0) is 17.9 Å². The zero-order valence-electron chi connectivity index (χ0n) is 18.6. The van der Waals surface area contributed by atoms with Crippen LogP contribution in [0.5, 0.6) is 0 Å². The zero-order chi connectivity index (χ0) is 24.9. The predicted octanol–water partition coefficient (Wildman–Crippen LogP) is 5.42. The molecule has 0 radical (unpaired) electrons. The van der Waals surface area contributed by atoms with Gasteiger partial charge in [0.15, 0.2) is 0 Å². The van der Waals surface area contributed by atoms with E-state index in [1.807, 2.05) is 44.4 Å². The molecule has 1 aromatic heterocycles. The Bertz CT molecular complexity index is 1060. The number of rotatable bonds is 3. The minimum Gasteiger partial charge on any atom is -0.330 e. The van der Waals surface area contributed by atoms with Crippen molar-refractivity contribution in [2.45, 2.75) is 49.1 Å². The molecule has 1 aromatic carbocycles. The van der Waals surface area contributed by atoms with E-state index in [0.29, 0.717) is 31.9 Å². The van der Waals surface area contributed by atoms with Gasteiger partial charge in [0.25, 0.3) is 0 Å². The number of carbonyl (C=O) groups excluding carboxylic acids is 1. The highest BCUT2D eigenvalue weighted by molar-refractivity contribution is 5.96. The van der Waals surface area contributed by atoms with Crippen LogP contribution in [0.15, 0.2) is 42.6 Å². The van der Waals surface area contributed by atoms with Gasteiger partial charge in [0.05, 0.1) is 29.5 Å². The number of alkyl halides is 6. The summed E-state index contributed by atoms with van der Waals surface area (Å²) in [5.41, 5.74) is -3.84. The van der Waals surface area contributed by atoms with Gasteiger partial charge in [-0.05, 0) is 51.4 Å². The highest BCUT2D eigenvalue weighted by Crippen LogP contribution is 2.47. The first-order chi connectivity index (χ1) is 15.8. The number of urea groups is 1. The number of anilines is 1. The number of hydrogen-bond donors (Lipinski definition) is 1. The first-order valence-corrected chi connectivity index (χ1v) is 10.7. The van der Waals surface area contributed by atoms with Crippen LogP contribution in [0, 0.1) is 0 Å². The SMILES string of the molecule is CN(C)[C@]1(c2ccccc2)CC[C@@]2(CC1)CN(c1cnc(C(F)(F)F)cc1C(F)(F)F)C(=O)N2. The van der Waals surface area contributed by atoms with Gasteiger partial charge in [-0.25, -0.2) is 9.78 Å². The Balaban J connectivity index is 1.62. The number of benzene rings is 1. The molecule has 1 aliphatic carbocycles. The van der Waals surface area contributed by atoms with Crippen LogP contribution in [-0.4, -0.2) is 42.1 Å². The number of aromatic nitrogens is 1. The molecule has 1 saturated carbocycles. The van der Waals surface area contributed by atoms with E-state index < -0.39 is 40.9 Å². The fraction of sp³-hybridized carbons (Fsp3) is 0.478. The molecule has 2 fully saturated rings. The molecule has 11 heteroatoms. The zero-order valence-corrected chi connectivity index (χ0v) is 18.6. The van der Waals surface area contributed by atoms with Gasteiger partial charge in [-0.2, -0.15) is 26.3 Å². The van der Waals surface area contributed by atoms with Crippen molar-refractivity contribution in [3.05, 3.63) is 59.4 Å². The number of nitrogens with one attached hydrogen (secondary N) is 1. The van der Waals surface area contributed by atoms with E-state index in [1.165, 1.54) is 0 Å². The van der Waals surface area contributed by atoms with Crippen LogP contribution in [0.3, 0.4) is 0 Å². The maximum atomic E-state index is 13.6. The maximum Gasteiger partial charge on any atom is 0.433 e. The van der Waals surface area contributed by atoms with Gasteiger partial charge in [-0.3, -0.25) is 9.80 Å². The molecule has 2 amide bonds. The number of halogens is 6. The van der Waals surface area contributed by atoms with E-state index >= 15 is 0 Å². The molecule has 1 N–H and O–H groups in total. The minimum absolute atomic E-state index is 0.0407. The van der Waals surface area contributed by atoms with Crippen LogP contribution < -0.4 is 10.2 Å². The average molecular weight is 486 g/mol. The van der Waals surface area contributed by atoms with E-state index in [9.17, 15) is 31.1 Å². The van der Waals surface area contributed by atoms with Crippen LogP contribution in [0.2, 0.25) is 0 Å². The van der Waals surface area contributed by atoms with Gasteiger partial charge >= 0.3 is 18.4 Å². The van der Waals surface area contributed by atoms with Gasteiger partial charge in [0, 0.05) is 5.54 Å². The highest BCUT2D eigenvalue weighted by atomic mass is 19.4. The molecule has 1 aliphatic heterocycles. The Morgan fingerprint density at radius 3 is 2.12 bits per heavy atom. The van der Waals surface area contributed by atoms with E-state index in [4.69, 9.17) is 0 Å². The smallest absolute Gasteiger partial charge is 0.330 e. The number of amides is 2. The van der Waals surface area contributed by atoms with Crippen molar-refractivity contribution >= 4 is 11.7 Å². The lowest BCUT2D eigenvalue weighted by molar-refractivity contribution is -0.145. The topological polar surface area (TPSA) is 48.5 Å². The second-order valence-corrected chi connectivity index (χ2v) is 9.17. The van der Waals surface area contributed by atoms with Crippen LogP contribution in [0.1, 0.15) is 42.5 Å². The third-order valence-corrected chi connectivity index (χ3v) is 7.05. The molecule has 1 saturated heterocycles. The Kier molecular flexibility index (Phi) is 5.82. The standard InChI is InChI=1S/C23H24F6N4O/c1-32(2)21(15-6-4-3-5-7-15)10-8-20(9-11-21)14-33(19(34)31-20)17-13-30-18(23(27,28)29)12-16(17)22(24,25)26/h3-7,12-13H,8-11,14H2,1-2H3,(H,31,34)/t20-,21-. The van der Waals surface area contributed by atoms with E-state index in [1.54, 1.807) is 0 Å². The first kappa shape index (κ1) is 24.3. The number of carbonyl (C=O) groups is 1. The van der Waals surface area contributed by atoms with Crippen LogP contribution >= 0.6 is 0 Å². The van der Waals surface area contributed by atoms with Gasteiger partial charge in [0.2, 0.25) is 0 Å². The summed E-state index contributed by atoms with van der Waals surface area (Å²) in [5, 5.41) is 2.82. The summed E-state index contributed by atoms with van der Waals surface area (Å²) in [6, 6.07) is 9.05. The molecular formula is C23H24F6N4O. The fourth-order valence-electron chi connectivity index (χ4n) is 5.12. The first-order valence-electron chi connectivity index (χ1n) is 10.7. The normalized spacial score (nSPS) is 25.8. The Hall–Kier alpha value is -2.82. The second-order valence-electron chi connectivity index (χ2n) is 9.17. The third-order valence-electron chi connectivity index (χ3n) is 7.05. The number of pyridine rings is 1. The summed E-state index contributed by atoms with van der Waals surface area (Å²) >= 11 is 0. The summed E-state index contributed by atoms with van der Waals surface area (Å²) in [5.74, 6) is 0. The molecule has 1 spiro atoms. The Morgan fingerprint density at radius 2 is 1.59 bits per heavy atom. The second kappa shape index (κ2) is 8.14. The van der Waals surface area contributed by atoms with Crippen molar-refractivity contribution in [1.82, 2.24) is 15.2 Å². The van der Waals surface area contributed by atoms with Gasteiger partial charge in [-0.15, -0.1) is 0 Å². The summed E-state index contributed by atoms with van der Waals surface area (Å²) < 4.78 is 79.9. The summed E-state index contributed by atoms with van der Waals surface area (Å²) in [6.45, 7) is -0.0831. The molecule has 5 nitrogen and oxygen atoms in total. The van der Waals surface area contributed by atoms with Crippen LogP contribution in [0.25, 0.3) is 0 Å². The van der Waals surface area contributed by atoms with Gasteiger partial charge in [0.1, 0.15) is 5.69 Å². The lowest BCUT2D eigenvalue weighted by Gasteiger charge is -2.48. The van der Waals surface area contributed by atoms with Crippen molar-refractivity contribution in [1.29, 1.82) is 0 Å². The molecule has 34 heavy (non-hydrogen) atoms. The highest BCUT2D eigenvalue weighted by Gasteiger charge is 2.51. The summed E-state index contributed by atoms with van der Waals surface area (Å²) in [7, 11) is 3.93.